The van der Waals surface area contributed by atoms with Crippen LogP contribution >= 0.6 is 22.9 Å². The van der Waals surface area contributed by atoms with Crippen molar-refractivity contribution < 1.29 is 23.4 Å². The molecule has 216 valence electrons. The second-order valence-corrected chi connectivity index (χ2v) is 12.4. The zero-order chi connectivity index (χ0) is 28.3. The van der Waals surface area contributed by atoms with E-state index < -0.39 is 17.7 Å². The van der Waals surface area contributed by atoms with E-state index in [1.54, 1.807) is 6.07 Å². The molecule has 3 N–H and O–H groups in total. The van der Waals surface area contributed by atoms with Crippen LogP contribution in [0.25, 0.3) is 32.2 Å². The largest absolute Gasteiger partial charge is 0.461 e. The van der Waals surface area contributed by atoms with Crippen molar-refractivity contribution in [3.8, 4) is 17.1 Å². The van der Waals surface area contributed by atoms with Crippen LogP contribution in [0.3, 0.4) is 0 Å². The average molecular weight is 603 g/mol. The van der Waals surface area contributed by atoms with Gasteiger partial charge in [0.05, 0.1) is 40.1 Å². The minimum atomic E-state index is -0.751. The van der Waals surface area contributed by atoms with Gasteiger partial charge < -0.3 is 25.2 Å². The fraction of sp³-hybridized carbons (Fsp3) is 0.464. The highest BCUT2D eigenvalue weighted by molar-refractivity contribution is 7.22. The zero-order valence-electron chi connectivity index (χ0n) is 22.2. The number of anilines is 2. The minimum absolute atomic E-state index is 0.0110. The number of aliphatic hydroxyl groups excluding tert-OH is 1. The van der Waals surface area contributed by atoms with Crippen LogP contribution in [0.4, 0.5) is 19.7 Å². The lowest BCUT2D eigenvalue weighted by Gasteiger charge is -2.31. The fourth-order valence-corrected chi connectivity index (χ4v) is 7.61. The molecule has 3 fully saturated rings. The molecule has 41 heavy (non-hydrogen) atoms. The van der Waals surface area contributed by atoms with Gasteiger partial charge in [0.1, 0.15) is 23.8 Å². The second-order valence-electron chi connectivity index (χ2n) is 11.0. The summed E-state index contributed by atoms with van der Waals surface area (Å²) in [7, 11) is 0. The molecule has 3 aliphatic rings. The molecule has 0 spiro atoms. The molecule has 2 aromatic heterocycles. The van der Waals surface area contributed by atoms with Crippen molar-refractivity contribution in [1.29, 1.82) is 0 Å². The van der Waals surface area contributed by atoms with E-state index in [4.69, 9.17) is 31.8 Å². The predicted molar refractivity (Wildman–Crippen MR) is 155 cm³/mol. The predicted octanol–water partition coefficient (Wildman–Crippen LogP) is 4.63. The molecule has 2 aromatic carbocycles. The average Bonchev–Trinajstić information content (AvgIpc) is 3.60. The van der Waals surface area contributed by atoms with Crippen molar-refractivity contribution >= 4 is 55.0 Å². The summed E-state index contributed by atoms with van der Waals surface area (Å²) in [6.07, 6.45) is 3.55. The van der Waals surface area contributed by atoms with E-state index in [0.29, 0.717) is 36.5 Å². The molecule has 0 radical (unpaired) electrons. The lowest BCUT2D eigenvalue weighted by atomic mass is 9.95. The molecule has 5 heterocycles. The summed E-state index contributed by atoms with van der Waals surface area (Å²) in [5, 5.41) is 11.1. The number of aliphatic hydroxyl groups is 1. The van der Waals surface area contributed by atoms with Gasteiger partial charge in [0.2, 0.25) is 0 Å². The number of nitrogens with two attached hydrogens (primary N) is 1. The molecule has 0 bridgehead atoms. The summed E-state index contributed by atoms with van der Waals surface area (Å²) < 4.78 is 43.1. The highest BCUT2D eigenvalue weighted by Crippen LogP contribution is 2.43. The number of thiazole rings is 1. The Morgan fingerprint density at radius 3 is 2.76 bits per heavy atom. The number of nitrogens with zero attached hydrogens (tertiary/aromatic N) is 5. The van der Waals surface area contributed by atoms with Gasteiger partial charge in [-0.15, -0.1) is 0 Å². The van der Waals surface area contributed by atoms with Gasteiger partial charge in [0.25, 0.3) is 0 Å². The molecule has 0 amide bonds. The van der Waals surface area contributed by atoms with Crippen LogP contribution in [-0.4, -0.2) is 82.6 Å². The van der Waals surface area contributed by atoms with Crippen LogP contribution in [-0.2, 0) is 4.74 Å². The summed E-state index contributed by atoms with van der Waals surface area (Å²) >= 11 is 7.72. The van der Waals surface area contributed by atoms with Crippen molar-refractivity contribution in [2.24, 2.45) is 0 Å². The van der Waals surface area contributed by atoms with Crippen molar-refractivity contribution in [3.63, 3.8) is 0 Å². The first-order valence-corrected chi connectivity index (χ1v) is 15.0. The maximum Gasteiger partial charge on any atom is 0.319 e. The Hall–Kier alpha value is -2.90. The Kier molecular flexibility index (Phi) is 6.86. The summed E-state index contributed by atoms with van der Waals surface area (Å²) in [5.41, 5.74) is 6.42. The zero-order valence-corrected chi connectivity index (χ0v) is 23.8. The molecular weight excluding hydrogens is 574 g/mol. The van der Waals surface area contributed by atoms with E-state index in [2.05, 4.69) is 14.9 Å². The van der Waals surface area contributed by atoms with Crippen LogP contribution in [0.1, 0.15) is 25.7 Å². The molecule has 3 saturated heterocycles. The number of halogens is 3. The number of nitrogen functional groups attached to an aromatic ring is 1. The molecule has 13 heteroatoms. The molecule has 4 aromatic rings. The topological polar surface area (TPSA) is 110 Å². The maximum absolute atomic E-state index is 16.6. The number of aromatic nitrogens is 3. The lowest BCUT2D eigenvalue weighted by molar-refractivity contribution is 0.0597. The smallest absolute Gasteiger partial charge is 0.319 e. The minimum Gasteiger partial charge on any atom is -0.461 e. The number of β-amino-alcohol motifs (C(OH)–C–C–N with tert-alkyl or cyclic N) is 1. The van der Waals surface area contributed by atoms with E-state index in [9.17, 15) is 9.50 Å². The Morgan fingerprint density at radius 2 is 1.95 bits per heavy atom. The third-order valence-electron chi connectivity index (χ3n) is 8.45. The normalized spacial score (nSPS) is 21.1. The molecule has 7 rings (SSSR count). The summed E-state index contributed by atoms with van der Waals surface area (Å²) in [4.78, 5) is 17.9. The lowest BCUT2D eigenvalue weighted by Crippen LogP contribution is -2.43. The quantitative estimate of drug-likeness (QED) is 0.338. The first-order valence-electron chi connectivity index (χ1n) is 13.8. The van der Waals surface area contributed by atoms with Gasteiger partial charge in [-0.1, -0.05) is 22.9 Å². The van der Waals surface area contributed by atoms with E-state index in [1.807, 2.05) is 4.90 Å². The number of rotatable bonds is 5. The van der Waals surface area contributed by atoms with Gasteiger partial charge in [-0.3, -0.25) is 4.90 Å². The number of hydrogen-bond acceptors (Lipinski definition) is 10. The highest BCUT2D eigenvalue weighted by atomic mass is 35.5. The van der Waals surface area contributed by atoms with E-state index >= 15 is 4.39 Å². The first-order chi connectivity index (χ1) is 19.8. The van der Waals surface area contributed by atoms with Crippen molar-refractivity contribution in [2.75, 3.05) is 56.6 Å². The SMILES string of the molecule is Nc1nc2c(-c3c(Cl)cc4c(N5CCOCC(O)C5)nc(OCC56CCCN5CCC6)nc4c3F)ccc(F)c2s1. The molecular formula is C28H29ClF2N6O3S. The molecule has 9 nitrogen and oxygen atoms in total. The molecule has 1 atom stereocenters. The van der Waals surface area contributed by atoms with Gasteiger partial charge in [-0.05, 0) is 57.0 Å². The number of benzene rings is 2. The maximum atomic E-state index is 16.6. The standard InChI is InChI=1S/C28H29ClF2N6O3S/c29-18-11-17-22(21(31)20(18)16-3-4-19(30)24-23(16)33-26(32)41-24)34-27(35-25(17)36-9-10-39-13-15(38)12-36)40-14-28-5-1-7-37(28)8-2-6-28/h3-4,11,15,38H,1-2,5-10,12-14H2,(H2,32,33). The van der Waals surface area contributed by atoms with Crippen LogP contribution < -0.4 is 15.4 Å². The highest BCUT2D eigenvalue weighted by Gasteiger charge is 2.45. The van der Waals surface area contributed by atoms with Crippen LogP contribution in [0.15, 0.2) is 18.2 Å². The second kappa shape index (κ2) is 10.4. The van der Waals surface area contributed by atoms with Crippen molar-refractivity contribution in [3.05, 3.63) is 34.9 Å². The summed E-state index contributed by atoms with van der Waals surface area (Å²) in [6, 6.07) is 4.35. The third kappa shape index (κ3) is 4.65. The van der Waals surface area contributed by atoms with E-state index in [0.717, 1.165) is 50.1 Å². The van der Waals surface area contributed by atoms with Crippen molar-refractivity contribution in [2.45, 2.75) is 37.3 Å². The van der Waals surface area contributed by atoms with E-state index in [-0.39, 0.29) is 56.2 Å². The fourth-order valence-electron chi connectivity index (χ4n) is 6.55. The number of ether oxygens (including phenoxy) is 2. The number of hydrogen-bond donors (Lipinski definition) is 2. The Balaban J connectivity index is 1.38. The summed E-state index contributed by atoms with van der Waals surface area (Å²) in [5.74, 6) is -0.797. The molecule has 1 unspecified atom stereocenters. The van der Waals surface area contributed by atoms with Crippen molar-refractivity contribution in [1.82, 2.24) is 19.9 Å². The molecule has 0 aliphatic carbocycles. The molecule has 0 saturated carbocycles. The van der Waals surface area contributed by atoms with Gasteiger partial charge in [-0.2, -0.15) is 9.97 Å². The number of fused-ring (bicyclic) bond motifs is 3. The van der Waals surface area contributed by atoms with Crippen LogP contribution in [0.5, 0.6) is 6.01 Å². The van der Waals surface area contributed by atoms with Gasteiger partial charge >= 0.3 is 6.01 Å². The van der Waals surface area contributed by atoms with E-state index in [1.165, 1.54) is 12.1 Å². The van der Waals surface area contributed by atoms with Crippen LogP contribution in [0, 0.1) is 11.6 Å². The third-order valence-corrected chi connectivity index (χ3v) is 9.64. The van der Waals surface area contributed by atoms with Crippen LogP contribution in [0.2, 0.25) is 5.02 Å². The first kappa shape index (κ1) is 27.0. The monoisotopic (exact) mass is 602 g/mol. The van der Waals surface area contributed by atoms with Gasteiger partial charge in [0.15, 0.2) is 10.9 Å². The Labute approximate surface area is 243 Å². The molecule has 3 aliphatic heterocycles. The Morgan fingerprint density at radius 1 is 1.15 bits per heavy atom. The Bertz CT molecular complexity index is 1640. The van der Waals surface area contributed by atoms with Gasteiger partial charge in [0, 0.05) is 29.6 Å². The van der Waals surface area contributed by atoms with Gasteiger partial charge in [-0.25, -0.2) is 13.8 Å². The summed E-state index contributed by atoms with van der Waals surface area (Å²) in [6.45, 7) is 3.72.